The van der Waals surface area contributed by atoms with Crippen LogP contribution in [0.25, 0.3) is 0 Å². The van der Waals surface area contributed by atoms with Gasteiger partial charge >= 0.3 is 5.97 Å². The number of hydrogen-bond donors (Lipinski definition) is 0. The Hall–Kier alpha value is -2.69. The molecule has 0 saturated carbocycles. The lowest BCUT2D eigenvalue weighted by Crippen LogP contribution is -2.16. The minimum Gasteiger partial charge on any atom is -0.466 e. The third-order valence-electron chi connectivity index (χ3n) is 5.13. The molecule has 0 aromatic heterocycles. The maximum Gasteiger partial charge on any atom is 0.313 e. The van der Waals surface area contributed by atoms with Crippen molar-refractivity contribution >= 4 is 11.7 Å². The third kappa shape index (κ3) is 8.06. The van der Waals surface area contributed by atoms with E-state index in [1.54, 1.807) is 19.1 Å². The summed E-state index contributed by atoms with van der Waals surface area (Å²) in [5.74, 6) is -0.599. The zero-order chi connectivity index (χ0) is 20.9. The fourth-order valence-electron chi connectivity index (χ4n) is 3.52. The SMILES string of the molecule is CCOC(=O)C(CCCCCCCCc1ccccc1)c1ccc([N+](=O)[O-])cc1. The standard InChI is InChI=1S/C24H31NO4/c1-2-29-24(26)23(21-16-18-22(19-17-21)25(27)28)15-11-6-4-3-5-8-12-20-13-9-7-10-14-20/h7,9-10,13-14,16-19,23H,2-6,8,11-12,15H2,1H3. The van der Waals surface area contributed by atoms with E-state index >= 15 is 0 Å². The molecule has 1 atom stereocenters. The molecule has 156 valence electrons. The molecule has 0 N–H and O–H groups in total. The molecule has 5 heteroatoms. The summed E-state index contributed by atoms with van der Waals surface area (Å²) in [4.78, 5) is 22.7. The predicted molar refractivity (Wildman–Crippen MR) is 115 cm³/mol. The van der Waals surface area contributed by atoms with Crippen molar-refractivity contribution in [1.82, 2.24) is 0 Å². The molecule has 0 aliphatic rings. The number of nitro benzene ring substituents is 1. The molecule has 0 bridgehead atoms. The number of carbonyl (C=O) groups is 1. The molecule has 0 aliphatic carbocycles. The van der Waals surface area contributed by atoms with E-state index in [9.17, 15) is 14.9 Å². The topological polar surface area (TPSA) is 69.4 Å². The molecule has 2 aromatic rings. The Morgan fingerprint density at radius 2 is 1.55 bits per heavy atom. The average Bonchev–Trinajstić information content (AvgIpc) is 2.73. The quantitative estimate of drug-likeness (QED) is 0.174. The van der Waals surface area contributed by atoms with E-state index in [-0.39, 0.29) is 17.6 Å². The highest BCUT2D eigenvalue weighted by Crippen LogP contribution is 2.26. The lowest BCUT2D eigenvalue weighted by Gasteiger charge is -2.16. The zero-order valence-corrected chi connectivity index (χ0v) is 17.2. The molecule has 5 nitrogen and oxygen atoms in total. The predicted octanol–water partition coefficient (Wildman–Crippen LogP) is 6.21. The minimum absolute atomic E-state index is 0.0341. The fourth-order valence-corrected chi connectivity index (χ4v) is 3.52. The van der Waals surface area contributed by atoms with Crippen LogP contribution in [0.1, 0.15) is 68.9 Å². The van der Waals surface area contributed by atoms with Gasteiger partial charge in [-0.05, 0) is 37.3 Å². The van der Waals surface area contributed by atoms with Crippen LogP contribution in [-0.4, -0.2) is 17.5 Å². The molecule has 0 spiro atoms. The van der Waals surface area contributed by atoms with E-state index in [1.807, 2.05) is 6.07 Å². The summed E-state index contributed by atoms with van der Waals surface area (Å²) in [6.45, 7) is 2.13. The summed E-state index contributed by atoms with van der Waals surface area (Å²) < 4.78 is 5.22. The molecule has 0 fully saturated rings. The maximum absolute atomic E-state index is 12.3. The first-order valence-corrected chi connectivity index (χ1v) is 10.6. The highest BCUT2D eigenvalue weighted by molar-refractivity contribution is 5.78. The second kappa shape index (κ2) is 12.7. The normalized spacial score (nSPS) is 11.8. The number of carbonyl (C=O) groups excluding carboxylic acids is 1. The Kier molecular flexibility index (Phi) is 9.90. The summed E-state index contributed by atoms with van der Waals surface area (Å²) in [5.41, 5.74) is 2.22. The number of ether oxygens (including phenoxy) is 1. The Bertz CT molecular complexity index is 743. The van der Waals surface area contributed by atoms with Crippen LogP contribution in [0.2, 0.25) is 0 Å². The van der Waals surface area contributed by atoms with E-state index in [2.05, 4.69) is 24.3 Å². The minimum atomic E-state index is -0.430. The van der Waals surface area contributed by atoms with E-state index in [4.69, 9.17) is 4.74 Å². The van der Waals surface area contributed by atoms with Crippen LogP contribution in [0.3, 0.4) is 0 Å². The molecule has 0 amide bonds. The molecule has 29 heavy (non-hydrogen) atoms. The highest BCUT2D eigenvalue weighted by atomic mass is 16.6. The van der Waals surface area contributed by atoms with E-state index in [1.165, 1.54) is 37.0 Å². The number of nitrogens with zero attached hydrogens (tertiary/aromatic N) is 1. The second-order valence-corrected chi connectivity index (χ2v) is 7.30. The van der Waals surface area contributed by atoms with Crippen LogP contribution in [0.15, 0.2) is 54.6 Å². The Morgan fingerprint density at radius 1 is 0.931 bits per heavy atom. The first kappa shape index (κ1) is 22.6. The van der Waals surface area contributed by atoms with Gasteiger partial charge in [-0.3, -0.25) is 14.9 Å². The van der Waals surface area contributed by atoms with Crippen molar-refractivity contribution in [2.75, 3.05) is 6.61 Å². The first-order chi connectivity index (χ1) is 14.1. The molecular weight excluding hydrogens is 366 g/mol. The number of nitro groups is 1. The summed E-state index contributed by atoms with van der Waals surface area (Å²) in [6, 6.07) is 16.8. The van der Waals surface area contributed by atoms with E-state index in [0.717, 1.165) is 31.2 Å². The molecule has 0 heterocycles. The van der Waals surface area contributed by atoms with Gasteiger partial charge in [-0.2, -0.15) is 0 Å². The fraction of sp³-hybridized carbons (Fsp3) is 0.458. The van der Waals surface area contributed by atoms with Crippen molar-refractivity contribution in [2.24, 2.45) is 0 Å². The molecule has 2 aromatic carbocycles. The average molecular weight is 398 g/mol. The Labute approximate surface area is 173 Å². The number of benzene rings is 2. The molecule has 1 unspecified atom stereocenters. The van der Waals surface area contributed by atoms with Crippen LogP contribution >= 0.6 is 0 Å². The second-order valence-electron chi connectivity index (χ2n) is 7.30. The third-order valence-corrected chi connectivity index (χ3v) is 5.13. The summed E-state index contributed by atoms with van der Waals surface area (Å²) >= 11 is 0. The van der Waals surface area contributed by atoms with E-state index < -0.39 is 4.92 Å². The van der Waals surface area contributed by atoms with Gasteiger partial charge < -0.3 is 4.74 Å². The number of rotatable bonds is 13. The van der Waals surface area contributed by atoms with E-state index in [0.29, 0.717) is 13.0 Å². The molecule has 0 saturated heterocycles. The van der Waals surface area contributed by atoms with Gasteiger partial charge in [-0.15, -0.1) is 0 Å². The van der Waals surface area contributed by atoms with Crippen LogP contribution in [0.5, 0.6) is 0 Å². The Morgan fingerprint density at radius 3 is 2.17 bits per heavy atom. The smallest absolute Gasteiger partial charge is 0.313 e. The van der Waals surface area contributed by atoms with Crippen LogP contribution in [0.4, 0.5) is 5.69 Å². The van der Waals surface area contributed by atoms with Gasteiger partial charge in [0.1, 0.15) is 0 Å². The zero-order valence-electron chi connectivity index (χ0n) is 17.2. The van der Waals surface area contributed by atoms with Crippen molar-refractivity contribution in [3.8, 4) is 0 Å². The van der Waals surface area contributed by atoms with Crippen molar-refractivity contribution in [3.63, 3.8) is 0 Å². The first-order valence-electron chi connectivity index (χ1n) is 10.6. The van der Waals surface area contributed by atoms with Gasteiger partial charge in [0.05, 0.1) is 17.4 Å². The summed E-state index contributed by atoms with van der Waals surface area (Å²) in [6.07, 6.45) is 8.65. The van der Waals surface area contributed by atoms with Crippen LogP contribution in [-0.2, 0) is 16.0 Å². The van der Waals surface area contributed by atoms with Gasteiger partial charge in [0.15, 0.2) is 0 Å². The van der Waals surface area contributed by atoms with Crippen molar-refractivity contribution in [3.05, 3.63) is 75.8 Å². The molecular formula is C24H31NO4. The van der Waals surface area contributed by atoms with Crippen molar-refractivity contribution in [2.45, 2.75) is 64.2 Å². The number of aryl methyl sites for hydroxylation is 1. The monoisotopic (exact) mass is 397 g/mol. The van der Waals surface area contributed by atoms with Crippen LogP contribution in [0, 0.1) is 10.1 Å². The maximum atomic E-state index is 12.3. The number of hydrogen-bond acceptors (Lipinski definition) is 4. The molecule has 2 rings (SSSR count). The highest BCUT2D eigenvalue weighted by Gasteiger charge is 2.22. The number of unbranched alkanes of at least 4 members (excludes halogenated alkanes) is 5. The number of esters is 1. The molecule has 0 aliphatic heterocycles. The van der Waals surface area contributed by atoms with Gasteiger partial charge in [-0.1, -0.05) is 74.6 Å². The molecule has 0 radical (unpaired) electrons. The van der Waals surface area contributed by atoms with Crippen LogP contribution < -0.4 is 0 Å². The van der Waals surface area contributed by atoms with Crippen molar-refractivity contribution < 1.29 is 14.5 Å². The van der Waals surface area contributed by atoms with Gasteiger partial charge in [0, 0.05) is 12.1 Å². The van der Waals surface area contributed by atoms with Gasteiger partial charge in [0.25, 0.3) is 5.69 Å². The van der Waals surface area contributed by atoms with Crippen molar-refractivity contribution in [1.29, 1.82) is 0 Å². The lowest BCUT2D eigenvalue weighted by atomic mass is 9.92. The largest absolute Gasteiger partial charge is 0.466 e. The lowest BCUT2D eigenvalue weighted by molar-refractivity contribution is -0.384. The van der Waals surface area contributed by atoms with Gasteiger partial charge in [0.2, 0.25) is 0 Å². The number of non-ortho nitro benzene ring substituents is 1. The Balaban J connectivity index is 1.72. The van der Waals surface area contributed by atoms with Gasteiger partial charge in [-0.25, -0.2) is 0 Å². The summed E-state index contributed by atoms with van der Waals surface area (Å²) in [5, 5.41) is 10.8. The summed E-state index contributed by atoms with van der Waals surface area (Å²) in [7, 11) is 0.